The summed E-state index contributed by atoms with van der Waals surface area (Å²) in [6.07, 6.45) is -1.88. The number of rotatable bonds is 8. The van der Waals surface area contributed by atoms with Crippen molar-refractivity contribution < 1.29 is 23.4 Å². The lowest BCUT2D eigenvalue weighted by atomic mass is 9.92. The van der Waals surface area contributed by atoms with Crippen LogP contribution in [0.3, 0.4) is 0 Å². The van der Waals surface area contributed by atoms with Gasteiger partial charge in [0.25, 0.3) is 6.43 Å². The van der Waals surface area contributed by atoms with Crippen LogP contribution in [0.25, 0.3) is 11.3 Å². The molecule has 6 nitrogen and oxygen atoms in total. The maximum atomic E-state index is 12.8. The van der Waals surface area contributed by atoms with Gasteiger partial charge < -0.3 is 15.2 Å². The lowest BCUT2D eigenvalue weighted by molar-refractivity contribution is 0.146. The van der Waals surface area contributed by atoms with Crippen LogP contribution in [-0.4, -0.2) is 33.3 Å². The van der Waals surface area contributed by atoms with Gasteiger partial charge in [0.1, 0.15) is 5.69 Å². The van der Waals surface area contributed by atoms with Crippen LogP contribution >= 0.6 is 11.6 Å². The summed E-state index contributed by atoms with van der Waals surface area (Å²) in [6.45, 7) is 5.84. The molecule has 0 saturated heterocycles. The average Bonchev–Trinajstić information content (AvgIpc) is 2.59. The molecule has 2 rings (SSSR count). The number of nitrogens with zero attached hydrogens (tertiary/aromatic N) is 2. The number of aromatic nitrogens is 2. The molecule has 2 aromatic heterocycles. The van der Waals surface area contributed by atoms with Crippen molar-refractivity contribution >= 4 is 17.7 Å². The molecule has 0 bridgehead atoms. The molecule has 0 radical (unpaired) electrons. The molecule has 1 amide bonds. The highest BCUT2D eigenvalue weighted by Crippen LogP contribution is 2.29. The lowest BCUT2D eigenvalue weighted by Gasteiger charge is -2.28. The lowest BCUT2D eigenvalue weighted by Crippen LogP contribution is -2.44. The average molecular weight is 414 g/mol. The number of halogens is 3. The van der Waals surface area contributed by atoms with Gasteiger partial charge in [0.2, 0.25) is 0 Å². The smallest absolute Gasteiger partial charge is 0.405 e. The fourth-order valence-electron chi connectivity index (χ4n) is 2.92. The number of amides is 1. The topological polar surface area (TPSA) is 84.3 Å². The summed E-state index contributed by atoms with van der Waals surface area (Å²) in [5, 5.41) is 11.4. The van der Waals surface area contributed by atoms with Crippen molar-refractivity contribution in [2.24, 2.45) is 5.92 Å². The van der Waals surface area contributed by atoms with E-state index in [-0.39, 0.29) is 16.8 Å². The third-order valence-corrected chi connectivity index (χ3v) is 4.21. The Hall–Kier alpha value is -2.48. The van der Waals surface area contributed by atoms with Gasteiger partial charge in [-0.3, -0.25) is 4.98 Å². The van der Waals surface area contributed by atoms with Crippen LogP contribution in [0.2, 0.25) is 5.15 Å². The molecular formula is C19H22ClF2N3O3. The first-order valence-electron chi connectivity index (χ1n) is 8.62. The van der Waals surface area contributed by atoms with E-state index in [9.17, 15) is 13.6 Å². The minimum absolute atomic E-state index is 0.0476. The zero-order chi connectivity index (χ0) is 20.9. The van der Waals surface area contributed by atoms with Gasteiger partial charge in [0.05, 0.1) is 12.3 Å². The minimum atomic E-state index is -2.67. The monoisotopic (exact) mass is 413 g/mol. The minimum Gasteiger partial charge on any atom is -0.490 e. The van der Waals surface area contributed by atoms with Gasteiger partial charge in [-0.1, -0.05) is 18.5 Å². The molecule has 2 heterocycles. The number of carboxylic acid groups (broad SMARTS) is 1. The van der Waals surface area contributed by atoms with Gasteiger partial charge in [0, 0.05) is 17.3 Å². The summed E-state index contributed by atoms with van der Waals surface area (Å²) in [7, 11) is 0. The van der Waals surface area contributed by atoms with E-state index >= 15 is 0 Å². The second-order valence-corrected chi connectivity index (χ2v) is 7.55. The van der Waals surface area contributed by atoms with Crippen molar-refractivity contribution in [1.82, 2.24) is 15.3 Å². The first-order valence-corrected chi connectivity index (χ1v) is 9.00. The summed E-state index contributed by atoms with van der Waals surface area (Å²) in [5.74, 6) is 0.413. The number of ether oxygens (including phenoxy) is 1. The molecule has 1 atom stereocenters. The summed E-state index contributed by atoms with van der Waals surface area (Å²) in [6, 6.07) is 6.10. The number of hydrogen-bond acceptors (Lipinski definition) is 4. The van der Waals surface area contributed by atoms with E-state index in [0.717, 1.165) is 0 Å². The Labute approximate surface area is 166 Å². The second kappa shape index (κ2) is 9.14. The molecule has 0 aliphatic rings. The fraction of sp³-hybridized carbons (Fsp3) is 0.421. The summed E-state index contributed by atoms with van der Waals surface area (Å²) in [4.78, 5) is 18.7. The normalized spacial score (nSPS) is 12.7. The first-order chi connectivity index (χ1) is 13.1. The van der Waals surface area contributed by atoms with Crippen molar-refractivity contribution in [2.45, 2.75) is 39.2 Å². The third kappa shape index (κ3) is 6.30. The number of alkyl halides is 2. The van der Waals surface area contributed by atoms with Crippen molar-refractivity contribution in [1.29, 1.82) is 0 Å². The van der Waals surface area contributed by atoms with Crippen LogP contribution < -0.4 is 10.1 Å². The predicted octanol–water partition coefficient (Wildman–Crippen LogP) is 5.19. The molecule has 0 saturated carbocycles. The maximum Gasteiger partial charge on any atom is 0.405 e. The van der Waals surface area contributed by atoms with Gasteiger partial charge in [0.15, 0.2) is 10.9 Å². The number of nitrogens with one attached hydrogen (secondary N) is 1. The molecule has 0 aliphatic heterocycles. The molecule has 0 aromatic carbocycles. The standard InChI is InChI=1S/C19H22ClF2N3O3/c1-11(9-19(2,3)25-18(26)27)10-28-15-5-4-13(24-16(15)20)12-6-7-23-14(8-12)17(21)22/h4-8,11,17,25H,9-10H2,1-3H3,(H,26,27). The largest absolute Gasteiger partial charge is 0.490 e. The highest BCUT2D eigenvalue weighted by molar-refractivity contribution is 6.30. The van der Waals surface area contributed by atoms with E-state index in [2.05, 4.69) is 15.3 Å². The Kier molecular flexibility index (Phi) is 7.12. The molecule has 0 fully saturated rings. The van der Waals surface area contributed by atoms with Crippen molar-refractivity contribution in [3.8, 4) is 17.0 Å². The van der Waals surface area contributed by atoms with Crippen molar-refractivity contribution in [3.05, 3.63) is 41.3 Å². The Bertz CT molecular complexity index is 834. The molecule has 1 unspecified atom stereocenters. The van der Waals surface area contributed by atoms with Crippen molar-refractivity contribution in [2.75, 3.05) is 6.61 Å². The molecule has 28 heavy (non-hydrogen) atoms. The Morgan fingerprint density at radius 2 is 2.07 bits per heavy atom. The summed E-state index contributed by atoms with van der Waals surface area (Å²) < 4.78 is 31.3. The molecule has 2 aromatic rings. The third-order valence-electron chi connectivity index (χ3n) is 3.94. The van der Waals surface area contributed by atoms with E-state index in [0.29, 0.717) is 30.0 Å². The number of carbonyl (C=O) groups is 1. The number of hydrogen-bond donors (Lipinski definition) is 2. The molecule has 0 spiro atoms. The van der Waals surface area contributed by atoms with E-state index in [1.54, 1.807) is 32.0 Å². The van der Waals surface area contributed by atoms with E-state index in [1.807, 2.05) is 6.92 Å². The SMILES string of the molecule is CC(COc1ccc(-c2ccnc(C(F)F)c2)nc1Cl)CC(C)(C)NC(=O)O. The van der Waals surface area contributed by atoms with Crippen LogP contribution in [0.15, 0.2) is 30.5 Å². The highest BCUT2D eigenvalue weighted by atomic mass is 35.5. The fourth-order valence-corrected chi connectivity index (χ4v) is 3.13. The highest BCUT2D eigenvalue weighted by Gasteiger charge is 2.23. The molecule has 9 heteroatoms. The van der Waals surface area contributed by atoms with Crippen LogP contribution in [0.1, 0.15) is 39.3 Å². The predicted molar refractivity (Wildman–Crippen MR) is 102 cm³/mol. The Morgan fingerprint density at radius 1 is 1.36 bits per heavy atom. The molecule has 0 aliphatic carbocycles. The van der Waals surface area contributed by atoms with Crippen LogP contribution in [0.5, 0.6) is 5.75 Å². The van der Waals surface area contributed by atoms with E-state index in [4.69, 9.17) is 21.4 Å². The van der Waals surface area contributed by atoms with Gasteiger partial charge in [-0.05, 0) is 50.5 Å². The van der Waals surface area contributed by atoms with E-state index < -0.39 is 18.1 Å². The molecular weight excluding hydrogens is 392 g/mol. The van der Waals surface area contributed by atoms with Crippen LogP contribution in [0.4, 0.5) is 13.6 Å². The maximum absolute atomic E-state index is 12.8. The zero-order valence-corrected chi connectivity index (χ0v) is 16.5. The number of pyridine rings is 2. The molecule has 2 N–H and O–H groups in total. The zero-order valence-electron chi connectivity index (χ0n) is 15.7. The van der Waals surface area contributed by atoms with Gasteiger partial charge in [-0.2, -0.15) is 0 Å². The molecule has 152 valence electrons. The van der Waals surface area contributed by atoms with Crippen LogP contribution in [-0.2, 0) is 0 Å². The van der Waals surface area contributed by atoms with E-state index in [1.165, 1.54) is 12.3 Å². The Morgan fingerprint density at radius 3 is 2.68 bits per heavy atom. The summed E-state index contributed by atoms with van der Waals surface area (Å²) in [5.41, 5.74) is -0.0122. The summed E-state index contributed by atoms with van der Waals surface area (Å²) >= 11 is 6.18. The van der Waals surface area contributed by atoms with Gasteiger partial charge >= 0.3 is 6.09 Å². The quantitative estimate of drug-likeness (QED) is 0.582. The first kappa shape index (κ1) is 21.8. The van der Waals surface area contributed by atoms with Gasteiger partial charge in [-0.25, -0.2) is 18.6 Å². The van der Waals surface area contributed by atoms with Crippen LogP contribution in [0, 0.1) is 5.92 Å². The Balaban J connectivity index is 2.03. The second-order valence-electron chi connectivity index (χ2n) is 7.19. The van der Waals surface area contributed by atoms with Gasteiger partial charge in [-0.15, -0.1) is 0 Å². The van der Waals surface area contributed by atoms with Crippen molar-refractivity contribution in [3.63, 3.8) is 0 Å².